The third kappa shape index (κ3) is 54.7. The highest BCUT2D eigenvalue weighted by molar-refractivity contribution is 5.71. The van der Waals surface area contributed by atoms with Crippen LogP contribution in [0.25, 0.3) is 0 Å². The molecule has 0 amide bonds. The predicted molar refractivity (Wildman–Crippen MR) is 302 cm³/mol. The molecule has 0 N–H and O–H groups in total. The van der Waals surface area contributed by atoms with Crippen LogP contribution in [0.5, 0.6) is 0 Å². The van der Waals surface area contributed by atoms with E-state index in [9.17, 15) is 14.4 Å². The first-order chi connectivity index (χ1) is 34.5. The Morgan fingerprint density at radius 2 is 0.557 bits per heavy atom. The zero-order valence-electron chi connectivity index (χ0n) is 45.2. The summed E-state index contributed by atoms with van der Waals surface area (Å²) in [6.45, 7) is 6.42. The van der Waals surface area contributed by atoms with Gasteiger partial charge < -0.3 is 14.2 Å². The highest BCUT2D eigenvalue weighted by Gasteiger charge is 2.19. The predicted octanol–water partition coefficient (Wildman–Crippen LogP) is 19.3. The zero-order chi connectivity index (χ0) is 50.7. The Bertz CT molecular complexity index is 1490. The minimum absolute atomic E-state index is 0.0962. The van der Waals surface area contributed by atoms with Crippen LogP contribution in [-0.2, 0) is 28.6 Å². The highest BCUT2D eigenvalue weighted by atomic mass is 16.6. The number of hydrogen-bond donors (Lipinski definition) is 0. The minimum Gasteiger partial charge on any atom is -0.462 e. The lowest BCUT2D eigenvalue weighted by molar-refractivity contribution is -0.167. The molecule has 0 radical (unpaired) electrons. The molecule has 0 aromatic heterocycles. The molecule has 0 aliphatic carbocycles. The Balaban J connectivity index is 4.36. The van der Waals surface area contributed by atoms with Crippen molar-refractivity contribution in [3.05, 3.63) is 122 Å². The van der Waals surface area contributed by atoms with E-state index in [4.69, 9.17) is 14.2 Å². The SMILES string of the molecule is CC/C=C\C/C=C\C/C=C\C/C=C\C/C=C\C/C=C\C/C=C\CCCCCC(=O)OCC(COC(=O)CCCCCCCCCC)OC(=O)CCCCCCCC/C=C\C/C=C\C/C=C\CCCCC. The summed E-state index contributed by atoms with van der Waals surface area (Å²) in [5, 5.41) is 0. The van der Waals surface area contributed by atoms with Gasteiger partial charge in [-0.2, -0.15) is 0 Å². The topological polar surface area (TPSA) is 78.9 Å². The Labute approximate surface area is 431 Å². The van der Waals surface area contributed by atoms with E-state index < -0.39 is 6.10 Å². The first-order valence-electron chi connectivity index (χ1n) is 28.5. The number of esters is 3. The van der Waals surface area contributed by atoms with E-state index in [1.165, 1.54) is 70.6 Å². The van der Waals surface area contributed by atoms with Crippen LogP contribution in [-0.4, -0.2) is 37.2 Å². The third-order valence-electron chi connectivity index (χ3n) is 11.7. The van der Waals surface area contributed by atoms with E-state index in [1.807, 2.05) is 0 Å². The van der Waals surface area contributed by atoms with Gasteiger partial charge in [0.2, 0.25) is 0 Å². The van der Waals surface area contributed by atoms with E-state index in [-0.39, 0.29) is 31.1 Å². The maximum Gasteiger partial charge on any atom is 0.306 e. The molecule has 0 rings (SSSR count). The molecular weight excluding hydrogens is 865 g/mol. The van der Waals surface area contributed by atoms with Crippen molar-refractivity contribution in [3.63, 3.8) is 0 Å². The fourth-order valence-corrected chi connectivity index (χ4v) is 7.43. The van der Waals surface area contributed by atoms with Gasteiger partial charge in [-0.15, -0.1) is 0 Å². The maximum atomic E-state index is 12.8. The number of allylic oxidation sites excluding steroid dienone is 20. The quantitative estimate of drug-likeness (QED) is 0.0262. The highest BCUT2D eigenvalue weighted by Crippen LogP contribution is 2.13. The molecule has 0 aliphatic rings. The average molecular weight is 970 g/mol. The molecule has 0 saturated heterocycles. The summed E-state index contributed by atoms with van der Waals surface area (Å²) in [5.41, 5.74) is 0. The minimum atomic E-state index is -0.800. The van der Waals surface area contributed by atoms with Crippen LogP contribution in [0, 0.1) is 0 Å². The number of rotatable bonds is 50. The van der Waals surface area contributed by atoms with E-state index in [0.29, 0.717) is 19.3 Å². The fourth-order valence-electron chi connectivity index (χ4n) is 7.43. The van der Waals surface area contributed by atoms with Gasteiger partial charge in [0.05, 0.1) is 0 Å². The van der Waals surface area contributed by atoms with Crippen molar-refractivity contribution >= 4 is 17.9 Å². The van der Waals surface area contributed by atoms with Crippen LogP contribution < -0.4 is 0 Å². The second kappa shape index (κ2) is 57.4. The van der Waals surface area contributed by atoms with Gasteiger partial charge in [0.1, 0.15) is 13.2 Å². The van der Waals surface area contributed by atoms with Crippen LogP contribution in [0.15, 0.2) is 122 Å². The molecule has 6 nitrogen and oxygen atoms in total. The summed E-state index contributed by atoms with van der Waals surface area (Å²) < 4.78 is 16.8. The molecule has 6 heteroatoms. The third-order valence-corrected chi connectivity index (χ3v) is 11.7. The molecular formula is C64H104O6. The summed E-state index contributed by atoms with van der Waals surface area (Å²) in [7, 11) is 0. The van der Waals surface area contributed by atoms with Crippen molar-refractivity contribution in [1.29, 1.82) is 0 Å². The Kier molecular flexibility index (Phi) is 54.0. The van der Waals surface area contributed by atoms with Gasteiger partial charge in [0.15, 0.2) is 6.10 Å². The summed E-state index contributed by atoms with van der Waals surface area (Å²) in [6, 6.07) is 0. The van der Waals surface area contributed by atoms with Gasteiger partial charge in [-0.3, -0.25) is 14.4 Å². The lowest BCUT2D eigenvalue weighted by Gasteiger charge is -2.18. The number of hydrogen-bond acceptors (Lipinski definition) is 6. The monoisotopic (exact) mass is 969 g/mol. The van der Waals surface area contributed by atoms with Crippen LogP contribution >= 0.6 is 0 Å². The molecule has 396 valence electrons. The molecule has 0 bridgehead atoms. The molecule has 0 spiro atoms. The summed E-state index contributed by atoms with van der Waals surface area (Å²) in [4.78, 5) is 38.0. The van der Waals surface area contributed by atoms with Crippen molar-refractivity contribution in [3.8, 4) is 0 Å². The summed E-state index contributed by atoms with van der Waals surface area (Å²) >= 11 is 0. The van der Waals surface area contributed by atoms with Crippen LogP contribution in [0.4, 0.5) is 0 Å². The van der Waals surface area contributed by atoms with Crippen molar-refractivity contribution in [2.75, 3.05) is 13.2 Å². The van der Waals surface area contributed by atoms with Crippen molar-refractivity contribution < 1.29 is 28.6 Å². The Hall–Kier alpha value is -4.19. The van der Waals surface area contributed by atoms with Crippen LogP contribution in [0.3, 0.4) is 0 Å². The smallest absolute Gasteiger partial charge is 0.306 e. The van der Waals surface area contributed by atoms with Gasteiger partial charge >= 0.3 is 17.9 Å². The number of unbranched alkanes of at least 4 members (excludes halogenated alkanes) is 19. The van der Waals surface area contributed by atoms with Gasteiger partial charge in [0.25, 0.3) is 0 Å². The van der Waals surface area contributed by atoms with Crippen molar-refractivity contribution in [2.45, 2.75) is 252 Å². The lowest BCUT2D eigenvalue weighted by atomic mass is 10.1. The molecule has 0 aromatic carbocycles. The molecule has 0 heterocycles. The largest absolute Gasteiger partial charge is 0.462 e. The average Bonchev–Trinajstić information content (AvgIpc) is 3.36. The molecule has 0 aliphatic heterocycles. The van der Waals surface area contributed by atoms with Crippen LogP contribution in [0.1, 0.15) is 245 Å². The lowest BCUT2D eigenvalue weighted by Crippen LogP contribution is -2.30. The Morgan fingerprint density at radius 3 is 0.914 bits per heavy atom. The number of ether oxygens (including phenoxy) is 3. The van der Waals surface area contributed by atoms with E-state index >= 15 is 0 Å². The fraction of sp³-hybridized carbons (Fsp3) is 0.641. The van der Waals surface area contributed by atoms with E-state index in [0.717, 1.165) is 135 Å². The number of carbonyl (C=O) groups excluding carboxylic acids is 3. The van der Waals surface area contributed by atoms with E-state index in [2.05, 4.69) is 142 Å². The van der Waals surface area contributed by atoms with Gasteiger partial charge in [0, 0.05) is 19.3 Å². The first-order valence-corrected chi connectivity index (χ1v) is 28.5. The van der Waals surface area contributed by atoms with Gasteiger partial charge in [-0.05, 0) is 116 Å². The zero-order valence-corrected chi connectivity index (χ0v) is 45.2. The molecule has 0 aromatic rings. The molecule has 0 saturated carbocycles. The van der Waals surface area contributed by atoms with Crippen LogP contribution in [0.2, 0.25) is 0 Å². The summed E-state index contributed by atoms with van der Waals surface area (Å²) in [6.07, 6.45) is 79.1. The standard InChI is InChI=1S/C64H104O6/c1-4-7-10-13-16-19-21-23-25-27-29-30-31-32-33-34-36-37-39-41-43-45-48-51-54-57-63(66)69-60-61(59-68-62(65)56-53-50-47-18-15-12-9-6-3)70-64(67)58-55-52-49-46-44-42-40-38-35-28-26-24-22-20-17-14-11-8-5-2/h7,10,16-17,19-20,23-26,29-30,32-33,35-38,41,43,61H,4-6,8-9,11-15,18,21-22,27-28,31,34,39-40,42,44-60H2,1-3H3/b10-7-,19-16-,20-17-,25-23-,26-24-,30-29-,33-32-,37-36-,38-35-,43-41-. The van der Waals surface area contributed by atoms with Crippen molar-refractivity contribution in [2.24, 2.45) is 0 Å². The first kappa shape index (κ1) is 65.8. The molecule has 1 atom stereocenters. The number of carbonyl (C=O) groups is 3. The van der Waals surface area contributed by atoms with E-state index in [1.54, 1.807) is 0 Å². The molecule has 0 fully saturated rings. The normalized spacial score (nSPS) is 13.0. The molecule has 1 unspecified atom stereocenters. The summed E-state index contributed by atoms with van der Waals surface area (Å²) in [5.74, 6) is -0.951. The maximum absolute atomic E-state index is 12.8. The second-order valence-electron chi connectivity index (χ2n) is 18.5. The van der Waals surface area contributed by atoms with Gasteiger partial charge in [-0.1, -0.05) is 232 Å². The Morgan fingerprint density at radius 1 is 0.300 bits per heavy atom. The molecule has 70 heavy (non-hydrogen) atoms. The second-order valence-corrected chi connectivity index (χ2v) is 18.5. The van der Waals surface area contributed by atoms with Gasteiger partial charge in [-0.25, -0.2) is 0 Å². The van der Waals surface area contributed by atoms with Crippen molar-refractivity contribution in [1.82, 2.24) is 0 Å².